The lowest BCUT2D eigenvalue weighted by molar-refractivity contribution is -0.135. The number of carbonyl (C=O) groups excluding carboxylic acids is 1. The summed E-state index contributed by atoms with van der Waals surface area (Å²) in [5, 5.41) is 9.37. The summed E-state index contributed by atoms with van der Waals surface area (Å²) in [5.41, 5.74) is 1.98. The van der Waals surface area contributed by atoms with Crippen molar-refractivity contribution in [2.45, 2.75) is 39.7 Å². The predicted octanol–water partition coefficient (Wildman–Crippen LogP) is 3.45. The first-order valence-electron chi connectivity index (χ1n) is 6.77. The second-order valence-electron chi connectivity index (χ2n) is 4.91. The van der Waals surface area contributed by atoms with Crippen molar-refractivity contribution in [3.63, 3.8) is 0 Å². The highest BCUT2D eigenvalue weighted by Gasteiger charge is 2.25. The molecular formula is C16H22N2O. The zero-order chi connectivity index (χ0) is 14.4. The van der Waals surface area contributed by atoms with Crippen LogP contribution in [-0.2, 0) is 4.79 Å². The molecule has 0 N–H and O–H groups in total. The minimum absolute atomic E-state index is 0.00524. The second-order valence-corrected chi connectivity index (χ2v) is 4.91. The van der Waals surface area contributed by atoms with Crippen LogP contribution in [-0.4, -0.2) is 17.9 Å². The molecule has 1 aromatic rings. The lowest BCUT2D eigenvalue weighted by atomic mass is 9.99. The number of carbonyl (C=O) groups is 1. The zero-order valence-corrected chi connectivity index (χ0v) is 12.2. The summed E-state index contributed by atoms with van der Waals surface area (Å²) >= 11 is 0. The Bertz CT molecular complexity index is 472. The summed E-state index contributed by atoms with van der Waals surface area (Å²) in [6.45, 7) is 6.00. The minimum atomic E-state index is -0.506. The Kier molecular flexibility index (Phi) is 5.57. The monoisotopic (exact) mass is 258 g/mol. The summed E-state index contributed by atoms with van der Waals surface area (Å²) in [4.78, 5) is 13.9. The van der Waals surface area contributed by atoms with Gasteiger partial charge in [0.25, 0.3) is 0 Å². The summed E-state index contributed by atoms with van der Waals surface area (Å²) in [7, 11) is 1.72. The van der Waals surface area contributed by atoms with Crippen molar-refractivity contribution in [1.82, 2.24) is 4.90 Å². The number of hydrogen-bond acceptors (Lipinski definition) is 2. The van der Waals surface area contributed by atoms with E-state index in [1.54, 1.807) is 11.9 Å². The van der Waals surface area contributed by atoms with E-state index in [0.717, 1.165) is 24.0 Å². The molecule has 0 aliphatic carbocycles. The zero-order valence-electron chi connectivity index (χ0n) is 12.2. The average Bonchev–Trinajstić information content (AvgIpc) is 2.40. The number of rotatable bonds is 5. The van der Waals surface area contributed by atoms with Gasteiger partial charge in [0.2, 0.25) is 5.91 Å². The molecule has 0 heterocycles. The fraction of sp³-hybridized carbons (Fsp3) is 0.500. The maximum absolute atomic E-state index is 12.3. The molecule has 19 heavy (non-hydrogen) atoms. The first-order valence-corrected chi connectivity index (χ1v) is 6.77. The van der Waals surface area contributed by atoms with Crippen LogP contribution in [0.4, 0.5) is 0 Å². The number of nitriles is 1. The second kappa shape index (κ2) is 6.94. The molecule has 1 atom stereocenters. The third-order valence-electron chi connectivity index (χ3n) is 3.55. The van der Waals surface area contributed by atoms with Gasteiger partial charge in [0.05, 0.1) is 6.07 Å². The van der Waals surface area contributed by atoms with Crippen molar-refractivity contribution in [3.05, 3.63) is 35.4 Å². The van der Waals surface area contributed by atoms with E-state index in [1.807, 2.05) is 45.0 Å². The summed E-state index contributed by atoms with van der Waals surface area (Å²) in [5.74, 6) is 0.0590. The van der Waals surface area contributed by atoms with Gasteiger partial charge in [0, 0.05) is 13.0 Å². The van der Waals surface area contributed by atoms with Crippen LogP contribution in [0.1, 0.15) is 43.9 Å². The van der Waals surface area contributed by atoms with Gasteiger partial charge in [-0.3, -0.25) is 4.79 Å². The number of amides is 1. The smallest absolute Gasteiger partial charge is 0.226 e. The van der Waals surface area contributed by atoms with E-state index in [0.29, 0.717) is 0 Å². The molecule has 102 valence electrons. The Morgan fingerprint density at radius 3 is 2.47 bits per heavy atom. The van der Waals surface area contributed by atoms with Gasteiger partial charge in [0.15, 0.2) is 0 Å². The van der Waals surface area contributed by atoms with Crippen LogP contribution in [0.5, 0.6) is 0 Å². The van der Waals surface area contributed by atoms with Crippen molar-refractivity contribution in [3.8, 4) is 6.07 Å². The van der Waals surface area contributed by atoms with Gasteiger partial charge < -0.3 is 4.90 Å². The van der Waals surface area contributed by atoms with E-state index >= 15 is 0 Å². The number of benzene rings is 1. The maximum atomic E-state index is 12.3. The topological polar surface area (TPSA) is 44.1 Å². The van der Waals surface area contributed by atoms with Gasteiger partial charge in [-0.2, -0.15) is 5.26 Å². The third-order valence-corrected chi connectivity index (χ3v) is 3.55. The molecule has 0 aliphatic rings. The molecule has 1 aromatic carbocycles. The standard InChI is InChI=1S/C16H22N2O/c1-5-13(6-2)16(19)18(4)15(11-17)14-9-7-8-12(3)10-14/h7-10,13,15H,5-6H2,1-4H3. The van der Waals surface area contributed by atoms with Crippen LogP contribution in [0.3, 0.4) is 0 Å². The molecule has 1 amide bonds. The first kappa shape index (κ1) is 15.2. The molecular weight excluding hydrogens is 236 g/mol. The van der Waals surface area contributed by atoms with Gasteiger partial charge in [0.1, 0.15) is 6.04 Å². The van der Waals surface area contributed by atoms with Gasteiger partial charge >= 0.3 is 0 Å². The highest BCUT2D eigenvalue weighted by atomic mass is 16.2. The van der Waals surface area contributed by atoms with Crippen LogP contribution in [0.25, 0.3) is 0 Å². The van der Waals surface area contributed by atoms with Crippen LogP contribution >= 0.6 is 0 Å². The maximum Gasteiger partial charge on any atom is 0.226 e. The fourth-order valence-electron chi connectivity index (χ4n) is 2.28. The Balaban J connectivity index is 2.98. The van der Waals surface area contributed by atoms with Crippen molar-refractivity contribution >= 4 is 5.91 Å². The Morgan fingerprint density at radius 1 is 1.37 bits per heavy atom. The summed E-state index contributed by atoms with van der Waals surface area (Å²) in [6, 6.07) is 9.50. The molecule has 0 fully saturated rings. The van der Waals surface area contributed by atoms with E-state index in [9.17, 15) is 10.1 Å². The Morgan fingerprint density at radius 2 is 2.00 bits per heavy atom. The number of nitrogens with zero attached hydrogens (tertiary/aromatic N) is 2. The quantitative estimate of drug-likeness (QED) is 0.812. The summed E-state index contributed by atoms with van der Waals surface area (Å²) in [6.07, 6.45) is 1.62. The molecule has 0 aliphatic heterocycles. The van der Waals surface area contributed by atoms with Crippen molar-refractivity contribution in [2.75, 3.05) is 7.05 Å². The van der Waals surface area contributed by atoms with E-state index in [4.69, 9.17) is 0 Å². The Hall–Kier alpha value is -1.82. The van der Waals surface area contributed by atoms with Gasteiger partial charge in [-0.25, -0.2) is 0 Å². The molecule has 0 saturated heterocycles. The molecule has 0 bridgehead atoms. The first-order chi connectivity index (χ1) is 9.04. The van der Waals surface area contributed by atoms with Crippen LogP contribution in [0.2, 0.25) is 0 Å². The van der Waals surface area contributed by atoms with E-state index in [1.165, 1.54) is 0 Å². The van der Waals surface area contributed by atoms with Gasteiger partial charge in [-0.05, 0) is 25.3 Å². The number of hydrogen-bond donors (Lipinski definition) is 0. The SMILES string of the molecule is CCC(CC)C(=O)N(C)C(C#N)c1cccc(C)c1. The molecule has 1 rings (SSSR count). The van der Waals surface area contributed by atoms with Crippen molar-refractivity contribution in [2.24, 2.45) is 5.92 Å². The number of aryl methyl sites for hydroxylation is 1. The molecule has 3 heteroatoms. The van der Waals surface area contributed by atoms with Gasteiger partial charge in [-0.1, -0.05) is 43.7 Å². The molecule has 0 saturated carbocycles. The van der Waals surface area contributed by atoms with Crippen LogP contribution in [0.15, 0.2) is 24.3 Å². The van der Waals surface area contributed by atoms with Crippen molar-refractivity contribution in [1.29, 1.82) is 5.26 Å². The molecule has 0 spiro atoms. The van der Waals surface area contributed by atoms with E-state index in [2.05, 4.69) is 6.07 Å². The lowest BCUT2D eigenvalue weighted by Gasteiger charge is -2.26. The normalized spacial score (nSPS) is 12.0. The summed E-state index contributed by atoms with van der Waals surface area (Å²) < 4.78 is 0. The van der Waals surface area contributed by atoms with E-state index < -0.39 is 6.04 Å². The minimum Gasteiger partial charge on any atom is -0.326 e. The highest BCUT2D eigenvalue weighted by Crippen LogP contribution is 2.23. The predicted molar refractivity (Wildman–Crippen MR) is 76.4 cm³/mol. The third kappa shape index (κ3) is 3.57. The fourth-order valence-corrected chi connectivity index (χ4v) is 2.28. The van der Waals surface area contributed by atoms with Crippen LogP contribution < -0.4 is 0 Å². The largest absolute Gasteiger partial charge is 0.326 e. The molecule has 3 nitrogen and oxygen atoms in total. The molecule has 0 radical (unpaired) electrons. The molecule has 1 unspecified atom stereocenters. The average molecular weight is 258 g/mol. The lowest BCUT2D eigenvalue weighted by Crippen LogP contribution is -2.35. The van der Waals surface area contributed by atoms with Gasteiger partial charge in [-0.15, -0.1) is 0 Å². The van der Waals surface area contributed by atoms with E-state index in [-0.39, 0.29) is 11.8 Å². The highest BCUT2D eigenvalue weighted by molar-refractivity contribution is 5.79. The van der Waals surface area contributed by atoms with Crippen molar-refractivity contribution < 1.29 is 4.79 Å². The van der Waals surface area contributed by atoms with Crippen LogP contribution in [0, 0.1) is 24.2 Å². The molecule has 0 aromatic heterocycles. The Labute approximate surface area is 115 Å².